The van der Waals surface area contributed by atoms with E-state index in [1.807, 2.05) is 0 Å². The SMILES string of the molecule is Cc1ccc(S(=O)(=O)n2cc(C(=O)c3ccccc3O)cn2)cc1[N+](=O)[O-]. The summed E-state index contributed by atoms with van der Waals surface area (Å²) in [5.41, 5.74) is -0.0781. The van der Waals surface area contributed by atoms with Crippen LogP contribution in [-0.2, 0) is 10.0 Å². The zero-order valence-electron chi connectivity index (χ0n) is 13.9. The zero-order valence-corrected chi connectivity index (χ0v) is 14.8. The molecule has 1 heterocycles. The van der Waals surface area contributed by atoms with Crippen molar-refractivity contribution in [3.63, 3.8) is 0 Å². The number of nitro groups is 1. The van der Waals surface area contributed by atoms with Crippen LogP contribution >= 0.6 is 0 Å². The van der Waals surface area contributed by atoms with E-state index >= 15 is 0 Å². The van der Waals surface area contributed by atoms with Crippen LogP contribution in [-0.4, -0.2) is 33.4 Å². The number of para-hydroxylation sites is 1. The summed E-state index contributed by atoms with van der Waals surface area (Å²) in [4.78, 5) is 22.5. The van der Waals surface area contributed by atoms with E-state index in [9.17, 15) is 28.4 Å². The highest BCUT2D eigenvalue weighted by Gasteiger charge is 2.24. The van der Waals surface area contributed by atoms with Crippen molar-refractivity contribution in [3.8, 4) is 5.75 Å². The molecule has 0 saturated carbocycles. The number of nitro benzene ring substituents is 1. The van der Waals surface area contributed by atoms with Gasteiger partial charge in [-0.25, -0.2) is 0 Å². The summed E-state index contributed by atoms with van der Waals surface area (Å²) in [5, 5.41) is 24.5. The number of hydrogen-bond donors (Lipinski definition) is 1. The lowest BCUT2D eigenvalue weighted by Gasteiger charge is -2.05. The van der Waals surface area contributed by atoms with Crippen LogP contribution in [0.2, 0.25) is 0 Å². The van der Waals surface area contributed by atoms with Crippen molar-refractivity contribution in [2.24, 2.45) is 0 Å². The van der Waals surface area contributed by atoms with Crippen molar-refractivity contribution < 1.29 is 23.2 Å². The van der Waals surface area contributed by atoms with Crippen molar-refractivity contribution in [3.05, 3.63) is 81.7 Å². The van der Waals surface area contributed by atoms with Gasteiger partial charge in [-0.15, -0.1) is 0 Å². The maximum Gasteiger partial charge on any atom is 0.283 e. The maximum atomic E-state index is 12.7. The summed E-state index contributed by atoms with van der Waals surface area (Å²) in [6.07, 6.45) is 2.05. The highest BCUT2D eigenvalue weighted by Crippen LogP contribution is 2.24. The van der Waals surface area contributed by atoms with Crippen molar-refractivity contribution in [1.82, 2.24) is 9.19 Å². The Morgan fingerprint density at radius 1 is 1.22 bits per heavy atom. The molecule has 0 saturated heterocycles. The molecule has 0 aliphatic heterocycles. The van der Waals surface area contributed by atoms with E-state index in [2.05, 4.69) is 5.10 Å². The van der Waals surface area contributed by atoms with E-state index < -0.39 is 20.7 Å². The Morgan fingerprint density at radius 3 is 2.59 bits per heavy atom. The quantitative estimate of drug-likeness (QED) is 0.403. The third-order valence-corrected chi connectivity index (χ3v) is 5.43. The molecule has 9 nitrogen and oxygen atoms in total. The van der Waals surface area contributed by atoms with Crippen LogP contribution in [0.25, 0.3) is 0 Å². The molecule has 27 heavy (non-hydrogen) atoms. The van der Waals surface area contributed by atoms with Crippen LogP contribution in [0.4, 0.5) is 5.69 Å². The van der Waals surface area contributed by atoms with Crippen LogP contribution in [0.15, 0.2) is 59.8 Å². The molecular formula is C17H13N3O6S. The lowest BCUT2D eigenvalue weighted by Crippen LogP contribution is -2.14. The molecule has 10 heteroatoms. The Labute approximate surface area is 153 Å². The number of phenolic OH excluding ortho intramolecular Hbond substituents is 1. The number of rotatable bonds is 5. The van der Waals surface area contributed by atoms with Gasteiger partial charge < -0.3 is 5.11 Å². The van der Waals surface area contributed by atoms with Crippen LogP contribution in [0.5, 0.6) is 5.75 Å². The van der Waals surface area contributed by atoms with Gasteiger partial charge in [0.25, 0.3) is 15.7 Å². The van der Waals surface area contributed by atoms with Gasteiger partial charge in [0, 0.05) is 11.6 Å². The summed E-state index contributed by atoms with van der Waals surface area (Å²) < 4.78 is 25.9. The Bertz CT molecular complexity index is 1170. The Kier molecular flexibility index (Phi) is 4.50. The van der Waals surface area contributed by atoms with E-state index in [-0.39, 0.29) is 27.5 Å². The minimum Gasteiger partial charge on any atom is -0.507 e. The van der Waals surface area contributed by atoms with Gasteiger partial charge >= 0.3 is 0 Å². The van der Waals surface area contributed by atoms with Crippen LogP contribution in [0.3, 0.4) is 0 Å². The van der Waals surface area contributed by atoms with Gasteiger partial charge in [0.2, 0.25) is 0 Å². The fourth-order valence-electron chi connectivity index (χ4n) is 2.43. The van der Waals surface area contributed by atoms with Gasteiger partial charge in [0.15, 0.2) is 5.78 Å². The van der Waals surface area contributed by atoms with Crippen molar-refractivity contribution >= 4 is 21.5 Å². The smallest absolute Gasteiger partial charge is 0.283 e. The monoisotopic (exact) mass is 387 g/mol. The summed E-state index contributed by atoms with van der Waals surface area (Å²) in [6.45, 7) is 1.49. The summed E-state index contributed by atoms with van der Waals surface area (Å²) >= 11 is 0. The fourth-order valence-corrected chi connectivity index (χ4v) is 3.57. The molecule has 3 rings (SSSR count). The highest BCUT2D eigenvalue weighted by atomic mass is 32.2. The van der Waals surface area contributed by atoms with Gasteiger partial charge in [0.05, 0.1) is 33.3 Å². The largest absolute Gasteiger partial charge is 0.507 e. The minimum atomic E-state index is -4.23. The van der Waals surface area contributed by atoms with Crippen LogP contribution < -0.4 is 0 Å². The van der Waals surface area contributed by atoms with E-state index in [1.165, 1.54) is 31.2 Å². The van der Waals surface area contributed by atoms with Crippen molar-refractivity contribution in [1.29, 1.82) is 0 Å². The number of aromatic nitrogens is 2. The average Bonchev–Trinajstić information content (AvgIpc) is 3.12. The predicted octanol–water partition coefficient (Wildman–Crippen LogP) is 2.27. The molecule has 0 atom stereocenters. The van der Waals surface area contributed by atoms with E-state index in [0.717, 1.165) is 18.5 Å². The Balaban J connectivity index is 2.01. The molecule has 1 aromatic heterocycles. The number of hydrogen-bond acceptors (Lipinski definition) is 7. The summed E-state index contributed by atoms with van der Waals surface area (Å²) in [6, 6.07) is 9.32. The molecule has 0 fully saturated rings. The molecule has 138 valence electrons. The van der Waals surface area contributed by atoms with Crippen LogP contribution in [0.1, 0.15) is 21.5 Å². The number of carbonyl (C=O) groups excluding carboxylic acids is 1. The molecule has 0 amide bonds. The minimum absolute atomic E-state index is 0.000390. The predicted molar refractivity (Wildman–Crippen MR) is 94.2 cm³/mol. The van der Waals surface area contributed by atoms with E-state index in [0.29, 0.717) is 9.65 Å². The normalized spacial score (nSPS) is 11.3. The number of phenols is 1. The first-order valence-corrected chi connectivity index (χ1v) is 9.04. The number of ketones is 1. The molecular weight excluding hydrogens is 374 g/mol. The first-order chi connectivity index (χ1) is 12.7. The number of nitrogens with zero attached hydrogens (tertiary/aromatic N) is 3. The van der Waals surface area contributed by atoms with Crippen molar-refractivity contribution in [2.45, 2.75) is 11.8 Å². The maximum absolute atomic E-state index is 12.7. The Hall–Kier alpha value is -3.53. The molecule has 0 aliphatic rings. The van der Waals surface area contributed by atoms with Gasteiger partial charge in [-0.05, 0) is 25.1 Å². The topological polar surface area (TPSA) is 132 Å². The molecule has 0 bridgehead atoms. The lowest BCUT2D eigenvalue weighted by atomic mass is 10.1. The third-order valence-electron chi connectivity index (χ3n) is 3.89. The van der Waals surface area contributed by atoms with Crippen molar-refractivity contribution in [2.75, 3.05) is 0 Å². The average molecular weight is 387 g/mol. The zero-order chi connectivity index (χ0) is 19.8. The highest BCUT2D eigenvalue weighted by molar-refractivity contribution is 7.89. The van der Waals surface area contributed by atoms with E-state index in [4.69, 9.17) is 0 Å². The second kappa shape index (κ2) is 6.65. The summed E-state index contributed by atoms with van der Waals surface area (Å²) in [5.74, 6) is -0.850. The Morgan fingerprint density at radius 2 is 1.93 bits per heavy atom. The van der Waals surface area contributed by atoms with Gasteiger partial charge in [0.1, 0.15) is 5.75 Å². The second-order valence-corrected chi connectivity index (χ2v) is 7.45. The molecule has 0 aliphatic carbocycles. The number of carbonyl (C=O) groups is 1. The lowest BCUT2D eigenvalue weighted by molar-refractivity contribution is -0.385. The molecule has 1 N–H and O–H groups in total. The van der Waals surface area contributed by atoms with Gasteiger partial charge in [-0.2, -0.15) is 17.6 Å². The second-order valence-electron chi connectivity index (χ2n) is 5.66. The first-order valence-electron chi connectivity index (χ1n) is 7.60. The summed E-state index contributed by atoms with van der Waals surface area (Å²) in [7, 11) is -4.23. The van der Waals surface area contributed by atoms with Gasteiger partial charge in [-0.3, -0.25) is 14.9 Å². The molecule has 0 unspecified atom stereocenters. The number of benzene rings is 2. The molecule has 2 aromatic carbocycles. The molecule has 0 radical (unpaired) electrons. The first kappa shape index (κ1) is 18.3. The number of aryl methyl sites for hydroxylation is 1. The molecule has 3 aromatic rings. The standard InChI is InChI=1S/C17H13N3O6S/c1-11-6-7-13(8-15(11)20(23)24)27(25,26)19-10-12(9-18-19)17(22)14-4-2-3-5-16(14)21/h2-10,21H,1H3. The molecule has 0 spiro atoms. The number of aromatic hydroxyl groups is 1. The van der Waals surface area contributed by atoms with E-state index in [1.54, 1.807) is 12.1 Å². The third kappa shape index (κ3) is 3.29. The van der Waals surface area contributed by atoms with Crippen LogP contribution in [0, 0.1) is 17.0 Å². The van der Waals surface area contributed by atoms with Gasteiger partial charge in [-0.1, -0.05) is 18.2 Å². The fraction of sp³-hybridized carbons (Fsp3) is 0.0588.